The summed E-state index contributed by atoms with van der Waals surface area (Å²) in [4.78, 5) is 28.6. The first-order chi connectivity index (χ1) is 14.1. The first-order valence-electron chi connectivity index (χ1n) is 8.93. The smallest absolute Gasteiger partial charge is 0.312 e. The Bertz CT molecular complexity index is 1010. The molecular formula is C21H19BrN2O4S. The number of carbonyl (C=O) groups is 2. The molecule has 0 saturated carbocycles. The van der Waals surface area contributed by atoms with Gasteiger partial charge in [0, 0.05) is 9.85 Å². The van der Waals surface area contributed by atoms with Crippen LogP contribution in [0.3, 0.4) is 0 Å². The first kappa shape index (κ1) is 21.0. The fraction of sp³-hybridized carbons (Fsp3) is 0.190. The number of ether oxygens (including phenoxy) is 2. The normalized spacial score (nSPS) is 10.4. The number of hydrogen-bond acceptors (Lipinski definition) is 6. The minimum atomic E-state index is -0.512. The second-order valence-corrected chi connectivity index (χ2v) is 7.65. The molecular weight excluding hydrogens is 456 g/mol. The van der Waals surface area contributed by atoms with Crippen molar-refractivity contribution in [2.24, 2.45) is 0 Å². The Morgan fingerprint density at radius 3 is 2.69 bits per heavy atom. The summed E-state index contributed by atoms with van der Waals surface area (Å²) in [6.45, 7) is 2.13. The highest BCUT2D eigenvalue weighted by Gasteiger charge is 2.14. The van der Waals surface area contributed by atoms with Crippen LogP contribution in [0.2, 0.25) is 0 Å². The maximum atomic E-state index is 12.1. The highest BCUT2D eigenvalue weighted by Crippen LogP contribution is 2.32. The number of nitrogens with one attached hydrogen (secondary N) is 1. The minimum absolute atomic E-state index is 0.00435. The van der Waals surface area contributed by atoms with Crippen LogP contribution < -0.4 is 10.1 Å². The van der Waals surface area contributed by atoms with Crippen molar-refractivity contribution in [3.05, 3.63) is 64.1 Å². The molecule has 0 spiro atoms. The number of anilines is 1. The summed E-state index contributed by atoms with van der Waals surface area (Å²) in [6.07, 6.45) is -0.00435. The van der Waals surface area contributed by atoms with E-state index in [2.05, 4.69) is 26.2 Å². The van der Waals surface area contributed by atoms with Crippen LogP contribution in [-0.2, 0) is 20.7 Å². The molecule has 0 bridgehead atoms. The van der Waals surface area contributed by atoms with Crippen molar-refractivity contribution in [3.8, 4) is 16.3 Å². The van der Waals surface area contributed by atoms with Gasteiger partial charge in [-0.15, -0.1) is 11.3 Å². The Labute approximate surface area is 181 Å². The highest BCUT2D eigenvalue weighted by molar-refractivity contribution is 9.10. The van der Waals surface area contributed by atoms with Crippen LogP contribution in [0, 0.1) is 0 Å². The van der Waals surface area contributed by atoms with E-state index >= 15 is 0 Å². The van der Waals surface area contributed by atoms with E-state index < -0.39 is 11.9 Å². The molecule has 29 heavy (non-hydrogen) atoms. The van der Waals surface area contributed by atoms with E-state index in [-0.39, 0.29) is 13.0 Å². The SMILES string of the molecule is CCOc1ccccc1-c1nc(CC(=O)OCC(=O)Nc2ccccc2Br)cs1. The third-order valence-electron chi connectivity index (χ3n) is 3.81. The van der Waals surface area contributed by atoms with E-state index in [1.807, 2.05) is 43.3 Å². The predicted octanol–water partition coefficient (Wildman–Crippen LogP) is 4.70. The van der Waals surface area contributed by atoms with Gasteiger partial charge in [-0.05, 0) is 47.1 Å². The van der Waals surface area contributed by atoms with Crippen molar-refractivity contribution >= 4 is 44.8 Å². The molecule has 6 nitrogen and oxygen atoms in total. The van der Waals surface area contributed by atoms with E-state index in [9.17, 15) is 9.59 Å². The number of rotatable bonds is 8. The summed E-state index contributed by atoms with van der Waals surface area (Å²) in [5, 5.41) is 5.26. The molecule has 1 aromatic heterocycles. The molecule has 1 heterocycles. The third-order valence-corrected chi connectivity index (χ3v) is 5.42. The van der Waals surface area contributed by atoms with Gasteiger partial charge >= 0.3 is 5.97 Å². The number of esters is 1. The molecule has 0 saturated heterocycles. The van der Waals surface area contributed by atoms with Crippen LogP contribution in [0.25, 0.3) is 10.6 Å². The van der Waals surface area contributed by atoms with Gasteiger partial charge in [-0.2, -0.15) is 0 Å². The van der Waals surface area contributed by atoms with Crippen molar-refractivity contribution < 1.29 is 19.1 Å². The average Bonchev–Trinajstić information content (AvgIpc) is 3.17. The summed E-state index contributed by atoms with van der Waals surface area (Å²) in [5.41, 5.74) is 2.09. The fourth-order valence-corrected chi connectivity index (χ4v) is 3.76. The topological polar surface area (TPSA) is 77.5 Å². The zero-order valence-corrected chi connectivity index (χ0v) is 18.1. The summed E-state index contributed by atoms with van der Waals surface area (Å²) in [5.74, 6) is -0.167. The molecule has 8 heteroatoms. The van der Waals surface area contributed by atoms with Crippen LogP contribution in [0.5, 0.6) is 5.75 Å². The monoisotopic (exact) mass is 474 g/mol. The van der Waals surface area contributed by atoms with Crippen molar-refractivity contribution in [1.29, 1.82) is 0 Å². The standard InChI is InChI=1S/C21H19BrN2O4S/c1-2-27-18-10-6-3-7-15(18)21-23-14(13-29-21)11-20(26)28-12-19(25)24-17-9-5-4-8-16(17)22/h3-10,13H,2,11-12H2,1H3,(H,24,25). The Morgan fingerprint density at radius 1 is 1.14 bits per heavy atom. The lowest BCUT2D eigenvalue weighted by molar-refractivity contribution is -0.146. The molecule has 1 amide bonds. The van der Waals surface area contributed by atoms with Crippen LogP contribution >= 0.6 is 27.3 Å². The summed E-state index contributed by atoms with van der Waals surface area (Å²) < 4.78 is 11.5. The van der Waals surface area contributed by atoms with Crippen molar-refractivity contribution in [1.82, 2.24) is 4.98 Å². The molecule has 3 aromatic rings. The van der Waals surface area contributed by atoms with E-state index in [1.54, 1.807) is 17.5 Å². The van der Waals surface area contributed by atoms with Crippen LogP contribution in [0.4, 0.5) is 5.69 Å². The summed E-state index contributed by atoms with van der Waals surface area (Å²) in [7, 11) is 0. The Kier molecular flexibility index (Phi) is 7.37. The molecule has 0 aliphatic rings. The van der Waals surface area contributed by atoms with E-state index in [0.29, 0.717) is 18.0 Å². The second kappa shape index (κ2) is 10.2. The lowest BCUT2D eigenvalue weighted by Gasteiger charge is -2.08. The number of para-hydroxylation sites is 2. The quantitative estimate of drug-likeness (QED) is 0.478. The van der Waals surface area contributed by atoms with Gasteiger partial charge in [-0.1, -0.05) is 24.3 Å². The average molecular weight is 475 g/mol. The molecule has 1 N–H and O–H groups in total. The molecule has 0 fully saturated rings. The maximum Gasteiger partial charge on any atom is 0.312 e. The van der Waals surface area contributed by atoms with Gasteiger partial charge in [0.2, 0.25) is 0 Å². The van der Waals surface area contributed by atoms with Gasteiger partial charge in [-0.25, -0.2) is 4.98 Å². The largest absolute Gasteiger partial charge is 0.493 e. The van der Waals surface area contributed by atoms with Gasteiger partial charge in [0.1, 0.15) is 10.8 Å². The Balaban J connectivity index is 1.54. The number of carbonyl (C=O) groups excluding carboxylic acids is 2. The van der Waals surface area contributed by atoms with Gasteiger partial charge < -0.3 is 14.8 Å². The Hall–Kier alpha value is -2.71. The molecule has 0 radical (unpaired) electrons. The number of thiazole rings is 1. The number of halogens is 1. The zero-order chi connectivity index (χ0) is 20.6. The second-order valence-electron chi connectivity index (χ2n) is 5.94. The van der Waals surface area contributed by atoms with Crippen molar-refractivity contribution in [2.75, 3.05) is 18.5 Å². The van der Waals surface area contributed by atoms with Crippen molar-refractivity contribution in [3.63, 3.8) is 0 Å². The van der Waals surface area contributed by atoms with Crippen LogP contribution in [0.15, 0.2) is 58.4 Å². The maximum absolute atomic E-state index is 12.1. The molecule has 0 aliphatic carbocycles. The third kappa shape index (κ3) is 5.88. The molecule has 2 aromatic carbocycles. The zero-order valence-electron chi connectivity index (χ0n) is 15.7. The van der Waals surface area contributed by atoms with E-state index in [1.165, 1.54) is 11.3 Å². The number of aromatic nitrogens is 1. The molecule has 150 valence electrons. The first-order valence-corrected chi connectivity index (χ1v) is 10.6. The van der Waals surface area contributed by atoms with Gasteiger partial charge in [-0.3, -0.25) is 9.59 Å². The summed E-state index contributed by atoms with van der Waals surface area (Å²) in [6, 6.07) is 14.8. The van der Waals surface area contributed by atoms with Gasteiger partial charge in [0.25, 0.3) is 5.91 Å². The fourth-order valence-electron chi connectivity index (χ4n) is 2.53. The molecule has 0 aliphatic heterocycles. The number of benzene rings is 2. The van der Waals surface area contributed by atoms with Crippen LogP contribution in [0.1, 0.15) is 12.6 Å². The van der Waals surface area contributed by atoms with Crippen molar-refractivity contribution in [2.45, 2.75) is 13.3 Å². The number of amides is 1. The predicted molar refractivity (Wildman–Crippen MR) is 116 cm³/mol. The van der Waals surface area contributed by atoms with E-state index in [0.717, 1.165) is 20.8 Å². The van der Waals surface area contributed by atoms with E-state index in [4.69, 9.17) is 9.47 Å². The van der Waals surface area contributed by atoms with Gasteiger partial charge in [0.05, 0.1) is 30.0 Å². The minimum Gasteiger partial charge on any atom is -0.493 e. The Morgan fingerprint density at radius 2 is 1.90 bits per heavy atom. The highest BCUT2D eigenvalue weighted by atomic mass is 79.9. The number of nitrogens with zero attached hydrogens (tertiary/aromatic N) is 1. The lowest BCUT2D eigenvalue weighted by Crippen LogP contribution is -2.21. The van der Waals surface area contributed by atoms with Crippen LogP contribution in [-0.4, -0.2) is 30.1 Å². The number of hydrogen-bond donors (Lipinski definition) is 1. The molecule has 3 rings (SSSR count). The lowest BCUT2D eigenvalue weighted by atomic mass is 10.2. The molecule has 0 unspecified atom stereocenters. The summed E-state index contributed by atoms with van der Waals surface area (Å²) >= 11 is 4.78. The van der Waals surface area contributed by atoms with Gasteiger partial charge in [0.15, 0.2) is 6.61 Å². The molecule has 0 atom stereocenters.